The van der Waals surface area contributed by atoms with Crippen LogP contribution in [0.3, 0.4) is 0 Å². The van der Waals surface area contributed by atoms with Gasteiger partial charge in [0.1, 0.15) is 0 Å². The number of nitriles is 1. The molecule has 150 valence electrons. The van der Waals surface area contributed by atoms with Crippen LogP contribution in [-0.2, 0) is 20.8 Å². The second kappa shape index (κ2) is 9.35. The van der Waals surface area contributed by atoms with E-state index in [1.807, 2.05) is 26.0 Å². The fraction of sp³-hybridized carbons (Fsp3) is 0.348. The molecule has 2 aromatic rings. The minimum Gasteiger partial charge on any atom is -0.454 e. The first-order valence-corrected chi connectivity index (χ1v) is 9.64. The standard InChI is InChI=1S/C23H24N2O4/c1-16-12-21(17(2)25(16)14-20-4-3-11-28-20)22(26)15-29-23(27)10-9-18-5-7-19(13-24)8-6-18/h5-10,12,20H,3-4,11,14-15H2,1-2H3/b10-9+/t20-/m0/s1. The lowest BCUT2D eigenvalue weighted by atomic mass is 10.1. The van der Waals surface area contributed by atoms with Crippen LogP contribution in [0, 0.1) is 25.2 Å². The molecule has 1 aromatic heterocycles. The summed E-state index contributed by atoms with van der Waals surface area (Å²) in [5, 5.41) is 8.79. The van der Waals surface area contributed by atoms with Crippen LogP contribution in [0.25, 0.3) is 6.08 Å². The highest BCUT2D eigenvalue weighted by Crippen LogP contribution is 2.20. The zero-order valence-corrected chi connectivity index (χ0v) is 16.7. The molecule has 0 N–H and O–H groups in total. The zero-order valence-electron chi connectivity index (χ0n) is 16.7. The lowest BCUT2D eigenvalue weighted by Gasteiger charge is -2.14. The zero-order chi connectivity index (χ0) is 20.8. The lowest BCUT2D eigenvalue weighted by molar-refractivity contribution is -0.136. The Morgan fingerprint density at radius 2 is 2.07 bits per heavy atom. The van der Waals surface area contributed by atoms with Gasteiger partial charge in [0.25, 0.3) is 0 Å². The van der Waals surface area contributed by atoms with Crippen molar-refractivity contribution in [1.29, 1.82) is 5.26 Å². The first-order chi connectivity index (χ1) is 14.0. The van der Waals surface area contributed by atoms with Crippen molar-refractivity contribution in [2.24, 2.45) is 0 Å². The number of esters is 1. The SMILES string of the molecule is Cc1cc(C(=O)COC(=O)/C=C/c2ccc(C#N)cc2)c(C)n1C[C@@H]1CCCO1. The largest absolute Gasteiger partial charge is 0.454 e. The maximum Gasteiger partial charge on any atom is 0.331 e. The first kappa shape index (κ1) is 20.6. The average Bonchev–Trinajstić information content (AvgIpc) is 3.34. The molecule has 0 saturated carbocycles. The minimum atomic E-state index is -0.587. The molecular weight excluding hydrogens is 368 g/mol. The Hall–Kier alpha value is -3.17. The van der Waals surface area contributed by atoms with Gasteiger partial charge in [0.2, 0.25) is 5.78 Å². The molecule has 3 rings (SSSR count). The van der Waals surface area contributed by atoms with Gasteiger partial charge < -0.3 is 14.0 Å². The van der Waals surface area contributed by atoms with Crippen molar-refractivity contribution in [2.45, 2.75) is 39.3 Å². The van der Waals surface area contributed by atoms with Crippen LogP contribution in [0.15, 0.2) is 36.4 Å². The van der Waals surface area contributed by atoms with Gasteiger partial charge in [-0.1, -0.05) is 12.1 Å². The summed E-state index contributed by atoms with van der Waals surface area (Å²) >= 11 is 0. The van der Waals surface area contributed by atoms with Crippen molar-refractivity contribution >= 4 is 17.8 Å². The number of rotatable bonds is 7. The molecule has 0 unspecified atom stereocenters. The van der Waals surface area contributed by atoms with Crippen molar-refractivity contribution in [3.63, 3.8) is 0 Å². The number of carbonyl (C=O) groups excluding carboxylic acids is 2. The number of nitrogens with zero attached hydrogens (tertiary/aromatic N) is 2. The topological polar surface area (TPSA) is 81.3 Å². The molecule has 1 atom stereocenters. The summed E-state index contributed by atoms with van der Waals surface area (Å²) in [7, 11) is 0. The molecule has 6 nitrogen and oxygen atoms in total. The minimum absolute atomic E-state index is 0.188. The summed E-state index contributed by atoms with van der Waals surface area (Å²) in [5.41, 5.74) is 3.75. The molecule has 1 aliphatic heterocycles. The average molecular weight is 392 g/mol. The van der Waals surface area contributed by atoms with Gasteiger partial charge in [0, 0.05) is 36.2 Å². The maximum atomic E-state index is 12.5. The Bertz CT molecular complexity index is 958. The molecule has 6 heteroatoms. The van der Waals surface area contributed by atoms with Crippen LogP contribution in [0.1, 0.15) is 45.7 Å². The fourth-order valence-electron chi connectivity index (χ4n) is 3.45. The number of hydrogen-bond acceptors (Lipinski definition) is 5. The molecule has 0 spiro atoms. The van der Waals surface area contributed by atoms with Crippen molar-refractivity contribution in [1.82, 2.24) is 4.57 Å². The highest BCUT2D eigenvalue weighted by Gasteiger charge is 2.21. The monoisotopic (exact) mass is 392 g/mol. The van der Waals surface area contributed by atoms with Crippen LogP contribution in [0.5, 0.6) is 0 Å². The highest BCUT2D eigenvalue weighted by molar-refractivity contribution is 6.00. The van der Waals surface area contributed by atoms with Crippen molar-refractivity contribution in [3.05, 3.63) is 64.5 Å². The predicted octanol–water partition coefficient (Wildman–Crippen LogP) is 3.59. The molecule has 0 aliphatic carbocycles. The Morgan fingerprint density at radius 3 is 2.72 bits per heavy atom. The van der Waals surface area contributed by atoms with E-state index < -0.39 is 5.97 Å². The Labute approximate surface area is 170 Å². The summed E-state index contributed by atoms with van der Waals surface area (Å²) in [4.78, 5) is 24.5. The van der Waals surface area contributed by atoms with Crippen LogP contribution >= 0.6 is 0 Å². The highest BCUT2D eigenvalue weighted by atomic mass is 16.5. The van der Waals surface area contributed by atoms with E-state index in [-0.39, 0.29) is 18.5 Å². The number of ketones is 1. The second-order valence-corrected chi connectivity index (χ2v) is 7.13. The van der Waals surface area contributed by atoms with E-state index in [1.54, 1.807) is 30.3 Å². The van der Waals surface area contributed by atoms with E-state index in [0.717, 1.165) is 42.9 Å². The molecule has 0 radical (unpaired) electrons. The summed E-state index contributed by atoms with van der Waals surface area (Å²) in [5.74, 6) is -0.812. The van der Waals surface area contributed by atoms with Gasteiger partial charge in [-0.3, -0.25) is 4.79 Å². The molecule has 2 heterocycles. The van der Waals surface area contributed by atoms with Gasteiger partial charge >= 0.3 is 5.97 Å². The van der Waals surface area contributed by atoms with Crippen LogP contribution < -0.4 is 0 Å². The van der Waals surface area contributed by atoms with Gasteiger partial charge in [-0.2, -0.15) is 5.26 Å². The van der Waals surface area contributed by atoms with Gasteiger partial charge in [-0.15, -0.1) is 0 Å². The van der Waals surface area contributed by atoms with Gasteiger partial charge in [0.15, 0.2) is 6.61 Å². The molecule has 29 heavy (non-hydrogen) atoms. The number of benzene rings is 1. The Balaban J connectivity index is 1.56. The molecule has 1 saturated heterocycles. The van der Waals surface area contributed by atoms with Gasteiger partial charge in [-0.25, -0.2) is 4.79 Å². The molecule has 0 amide bonds. The fourth-order valence-corrected chi connectivity index (χ4v) is 3.45. The number of carbonyl (C=O) groups is 2. The van der Waals surface area contributed by atoms with Crippen LogP contribution in [-0.4, -0.2) is 35.6 Å². The molecule has 1 aliphatic rings. The predicted molar refractivity (Wildman–Crippen MR) is 108 cm³/mol. The van der Waals surface area contributed by atoms with Crippen LogP contribution in [0.4, 0.5) is 0 Å². The Morgan fingerprint density at radius 1 is 1.31 bits per heavy atom. The quantitative estimate of drug-likeness (QED) is 0.409. The van der Waals surface area contributed by atoms with E-state index in [1.165, 1.54) is 6.08 Å². The van der Waals surface area contributed by atoms with Crippen molar-refractivity contribution < 1.29 is 19.1 Å². The molecule has 0 bridgehead atoms. The van der Waals surface area contributed by atoms with Crippen molar-refractivity contribution in [2.75, 3.05) is 13.2 Å². The van der Waals surface area contributed by atoms with E-state index in [2.05, 4.69) is 4.57 Å². The van der Waals surface area contributed by atoms with E-state index in [9.17, 15) is 9.59 Å². The summed E-state index contributed by atoms with van der Waals surface area (Å²) in [6.07, 6.45) is 5.15. The second-order valence-electron chi connectivity index (χ2n) is 7.13. The maximum absolute atomic E-state index is 12.5. The molecule has 1 fully saturated rings. The number of aryl methyl sites for hydroxylation is 1. The number of aromatic nitrogens is 1. The normalized spacial score (nSPS) is 16.1. The first-order valence-electron chi connectivity index (χ1n) is 9.64. The third-order valence-corrected chi connectivity index (χ3v) is 5.08. The summed E-state index contributed by atoms with van der Waals surface area (Å²) in [6, 6.07) is 10.7. The van der Waals surface area contributed by atoms with E-state index >= 15 is 0 Å². The van der Waals surface area contributed by atoms with Gasteiger partial charge in [-0.05, 0) is 56.5 Å². The number of ether oxygens (including phenoxy) is 2. The third kappa shape index (κ3) is 5.21. The summed E-state index contributed by atoms with van der Waals surface area (Å²) in [6.45, 7) is 5.09. The van der Waals surface area contributed by atoms with Crippen molar-refractivity contribution in [3.8, 4) is 6.07 Å². The number of Topliss-reactive ketones (excluding diaryl/α,β-unsaturated/α-hetero) is 1. The Kier molecular flexibility index (Phi) is 6.63. The summed E-state index contributed by atoms with van der Waals surface area (Å²) < 4.78 is 12.9. The molecular formula is C23H24N2O4. The smallest absolute Gasteiger partial charge is 0.331 e. The van der Waals surface area contributed by atoms with E-state index in [0.29, 0.717) is 11.1 Å². The number of hydrogen-bond donors (Lipinski definition) is 0. The van der Waals surface area contributed by atoms with E-state index in [4.69, 9.17) is 14.7 Å². The third-order valence-electron chi connectivity index (χ3n) is 5.08. The van der Waals surface area contributed by atoms with Crippen LogP contribution in [0.2, 0.25) is 0 Å². The molecule has 1 aromatic carbocycles. The lowest BCUT2D eigenvalue weighted by Crippen LogP contribution is -2.18. The van der Waals surface area contributed by atoms with Gasteiger partial charge in [0.05, 0.1) is 17.7 Å².